The highest BCUT2D eigenvalue weighted by molar-refractivity contribution is 6.30. The van der Waals surface area contributed by atoms with Crippen molar-refractivity contribution < 1.29 is 28.7 Å². The molecule has 1 saturated heterocycles. The lowest BCUT2D eigenvalue weighted by atomic mass is 9.69. The fraction of sp³-hybridized carbons (Fsp3) is 0.458. The van der Waals surface area contributed by atoms with E-state index in [2.05, 4.69) is 0 Å². The number of hydrogen-bond acceptors (Lipinski definition) is 7. The third kappa shape index (κ3) is 4.83. The van der Waals surface area contributed by atoms with Gasteiger partial charge in [0.25, 0.3) is 0 Å². The zero-order chi connectivity index (χ0) is 23.4. The van der Waals surface area contributed by atoms with Gasteiger partial charge in [-0.1, -0.05) is 17.7 Å². The molecule has 8 nitrogen and oxygen atoms in total. The summed E-state index contributed by atoms with van der Waals surface area (Å²) in [5.41, 5.74) is 1.28. The molecule has 0 radical (unpaired) electrons. The molecule has 2 aromatic rings. The van der Waals surface area contributed by atoms with Crippen molar-refractivity contribution in [3.05, 3.63) is 68.2 Å². The van der Waals surface area contributed by atoms with E-state index in [4.69, 9.17) is 30.5 Å². The van der Waals surface area contributed by atoms with Crippen molar-refractivity contribution in [1.82, 2.24) is 0 Å². The largest absolute Gasteiger partial charge is 0.486 e. The Morgan fingerprint density at radius 3 is 2.73 bits per heavy atom. The van der Waals surface area contributed by atoms with Crippen LogP contribution in [0.3, 0.4) is 0 Å². The quantitative estimate of drug-likeness (QED) is 0.321. The number of esters is 1. The fourth-order valence-corrected chi connectivity index (χ4v) is 4.78. The van der Waals surface area contributed by atoms with Gasteiger partial charge in [-0.25, -0.2) is 4.79 Å². The van der Waals surface area contributed by atoms with Crippen LogP contribution in [0.25, 0.3) is 0 Å². The summed E-state index contributed by atoms with van der Waals surface area (Å²) in [5.74, 6) is -0.546. The van der Waals surface area contributed by atoms with Crippen molar-refractivity contribution in [3.63, 3.8) is 0 Å². The average molecular weight is 476 g/mol. The Hall–Kier alpha value is -2.68. The Labute approximate surface area is 196 Å². The highest BCUT2D eigenvalue weighted by atomic mass is 35.5. The monoisotopic (exact) mass is 475 g/mol. The van der Waals surface area contributed by atoms with E-state index in [1.165, 1.54) is 18.2 Å². The summed E-state index contributed by atoms with van der Waals surface area (Å²) in [5, 5.41) is 12.4. The molecule has 0 saturated carbocycles. The second kappa shape index (κ2) is 10.1. The molecule has 1 aliphatic heterocycles. The minimum Gasteiger partial charge on any atom is -0.486 e. The molecule has 176 valence electrons. The molecule has 33 heavy (non-hydrogen) atoms. The molecule has 1 heterocycles. The van der Waals surface area contributed by atoms with E-state index in [9.17, 15) is 14.9 Å². The van der Waals surface area contributed by atoms with Gasteiger partial charge in [-0.15, -0.1) is 0 Å². The molecule has 0 amide bonds. The average Bonchev–Trinajstić information content (AvgIpc) is 2.83. The number of nitro benzene ring substituents is 1. The summed E-state index contributed by atoms with van der Waals surface area (Å²) in [6.45, 7) is 3.12. The van der Waals surface area contributed by atoms with Gasteiger partial charge < -0.3 is 18.9 Å². The normalized spacial score (nSPS) is 20.7. The first-order valence-corrected chi connectivity index (χ1v) is 11.4. The van der Waals surface area contributed by atoms with Crippen LogP contribution in [0.4, 0.5) is 5.69 Å². The van der Waals surface area contributed by atoms with Crippen LogP contribution in [-0.4, -0.2) is 43.6 Å². The summed E-state index contributed by atoms with van der Waals surface area (Å²) < 4.78 is 23.1. The van der Waals surface area contributed by atoms with Crippen LogP contribution in [0.5, 0.6) is 5.75 Å². The van der Waals surface area contributed by atoms with Gasteiger partial charge in [0.1, 0.15) is 6.61 Å². The zero-order valence-electron chi connectivity index (χ0n) is 18.4. The number of rotatable bonds is 7. The predicted octanol–water partition coefficient (Wildman–Crippen LogP) is 4.84. The van der Waals surface area contributed by atoms with Crippen molar-refractivity contribution in [2.45, 2.75) is 44.3 Å². The molecule has 2 aliphatic rings. The van der Waals surface area contributed by atoms with Crippen LogP contribution < -0.4 is 4.74 Å². The Morgan fingerprint density at radius 2 is 2.00 bits per heavy atom. The van der Waals surface area contributed by atoms with Crippen molar-refractivity contribution in [3.8, 4) is 5.75 Å². The number of fused-ring (bicyclic) bond motifs is 1. The fourth-order valence-electron chi connectivity index (χ4n) is 4.58. The summed E-state index contributed by atoms with van der Waals surface area (Å²) in [4.78, 5) is 23.2. The van der Waals surface area contributed by atoms with Crippen LogP contribution in [-0.2, 0) is 26.0 Å². The Morgan fingerprint density at radius 1 is 1.21 bits per heavy atom. The van der Waals surface area contributed by atoms with Crippen LogP contribution in [0.15, 0.2) is 36.4 Å². The standard InChI is InChI=1S/C24H26ClNO7/c1-2-30-22(27)17-6-9-21(20(14-17)26(28)29)33-15-24(23-31-11-4-12-32-23)10-3-5-16-13-18(25)7-8-19(16)24/h6-9,13-14,23H,2-5,10-12,15H2,1H3/t24-/m0/s1. The number of nitro groups is 1. The number of aryl methyl sites for hydroxylation is 1. The van der Waals surface area contributed by atoms with Crippen LogP contribution in [0.2, 0.25) is 5.02 Å². The molecule has 9 heteroatoms. The predicted molar refractivity (Wildman–Crippen MR) is 121 cm³/mol. The van der Waals surface area contributed by atoms with E-state index in [1.807, 2.05) is 18.2 Å². The maximum absolute atomic E-state index is 12.0. The van der Waals surface area contributed by atoms with E-state index in [1.54, 1.807) is 6.92 Å². The lowest BCUT2D eigenvalue weighted by Gasteiger charge is -2.45. The maximum Gasteiger partial charge on any atom is 0.338 e. The molecule has 0 spiro atoms. The Bertz CT molecular complexity index is 1040. The number of carbonyl (C=O) groups excluding carboxylic acids is 1. The SMILES string of the molecule is CCOC(=O)c1ccc(OC[C@@]2(C3OCCCO3)CCCc3cc(Cl)ccc32)c([N+](=O)[O-])c1. The number of hydrogen-bond donors (Lipinski definition) is 0. The van der Waals surface area contributed by atoms with E-state index < -0.39 is 22.6 Å². The van der Waals surface area contributed by atoms with Crippen LogP contribution in [0, 0.1) is 10.1 Å². The minimum absolute atomic E-state index is 0.0734. The van der Waals surface area contributed by atoms with Gasteiger partial charge in [-0.3, -0.25) is 10.1 Å². The second-order valence-corrected chi connectivity index (χ2v) is 8.62. The van der Waals surface area contributed by atoms with Crippen molar-refractivity contribution >= 4 is 23.3 Å². The summed E-state index contributed by atoms with van der Waals surface area (Å²) in [6.07, 6.45) is 2.76. The highest BCUT2D eigenvalue weighted by Crippen LogP contribution is 2.44. The molecule has 0 bridgehead atoms. The van der Waals surface area contributed by atoms with E-state index in [0.29, 0.717) is 18.2 Å². The molecule has 0 N–H and O–H groups in total. The second-order valence-electron chi connectivity index (χ2n) is 8.19. The van der Waals surface area contributed by atoms with Gasteiger partial charge in [0, 0.05) is 11.1 Å². The maximum atomic E-state index is 12.0. The van der Waals surface area contributed by atoms with Gasteiger partial charge in [0.05, 0.1) is 35.7 Å². The topological polar surface area (TPSA) is 97.1 Å². The number of ether oxygens (including phenoxy) is 4. The number of nitrogens with zero attached hydrogens (tertiary/aromatic N) is 1. The molecule has 1 aliphatic carbocycles. The van der Waals surface area contributed by atoms with Gasteiger partial charge in [-0.05, 0) is 68.0 Å². The zero-order valence-corrected chi connectivity index (χ0v) is 19.1. The number of halogens is 1. The van der Waals surface area contributed by atoms with Crippen LogP contribution >= 0.6 is 11.6 Å². The van der Waals surface area contributed by atoms with Crippen molar-refractivity contribution in [1.29, 1.82) is 0 Å². The van der Waals surface area contributed by atoms with Gasteiger partial charge >= 0.3 is 11.7 Å². The molecule has 0 unspecified atom stereocenters. The third-order valence-corrected chi connectivity index (χ3v) is 6.34. The molecule has 1 atom stereocenters. The molecule has 1 fully saturated rings. The number of benzene rings is 2. The van der Waals surface area contributed by atoms with Crippen molar-refractivity contribution in [2.75, 3.05) is 26.4 Å². The van der Waals surface area contributed by atoms with Gasteiger partial charge in [-0.2, -0.15) is 0 Å². The Kier molecular flexibility index (Phi) is 7.17. The molecule has 0 aromatic heterocycles. The first kappa shape index (κ1) is 23.5. The van der Waals surface area contributed by atoms with Crippen molar-refractivity contribution in [2.24, 2.45) is 0 Å². The first-order valence-electron chi connectivity index (χ1n) is 11.0. The van der Waals surface area contributed by atoms with Gasteiger partial charge in [0.2, 0.25) is 0 Å². The molecule has 4 rings (SSSR count). The summed E-state index contributed by atoms with van der Waals surface area (Å²) >= 11 is 6.24. The van der Waals surface area contributed by atoms with E-state index >= 15 is 0 Å². The van der Waals surface area contributed by atoms with Gasteiger partial charge in [0.15, 0.2) is 12.0 Å². The molecular weight excluding hydrogens is 450 g/mol. The third-order valence-electron chi connectivity index (χ3n) is 6.10. The van der Waals surface area contributed by atoms with E-state index in [0.717, 1.165) is 36.8 Å². The first-order chi connectivity index (χ1) is 15.9. The minimum atomic E-state index is -0.647. The lowest BCUT2D eigenvalue weighted by Crippen LogP contribution is -2.51. The highest BCUT2D eigenvalue weighted by Gasteiger charge is 2.47. The molecular formula is C24H26ClNO7. The lowest BCUT2D eigenvalue weighted by molar-refractivity contribution is -0.386. The Balaban J connectivity index is 1.68. The summed E-state index contributed by atoms with van der Waals surface area (Å²) in [6, 6.07) is 9.84. The van der Waals surface area contributed by atoms with E-state index in [-0.39, 0.29) is 30.2 Å². The molecule has 2 aromatic carbocycles. The summed E-state index contributed by atoms with van der Waals surface area (Å²) in [7, 11) is 0. The smallest absolute Gasteiger partial charge is 0.338 e. The number of carbonyl (C=O) groups is 1. The van der Waals surface area contributed by atoms with Crippen LogP contribution in [0.1, 0.15) is 47.7 Å².